The third-order valence-electron chi connectivity index (χ3n) is 1.61. The van der Waals surface area contributed by atoms with Crippen LogP contribution in [0.3, 0.4) is 0 Å². The Morgan fingerprint density at radius 1 is 1.47 bits per heavy atom. The molecule has 0 heterocycles. The van der Waals surface area contributed by atoms with Gasteiger partial charge in [0, 0.05) is 11.9 Å². The number of hydrogen-bond acceptors (Lipinski definition) is 3. The van der Waals surface area contributed by atoms with Crippen LogP contribution < -0.4 is 11.1 Å². The van der Waals surface area contributed by atoms with Gasteiger partial charge in [0.05, 0.1) is 0 Å². The van der Waals surface area contributed by atoms with Crippen LogP contribution in [0, 0.1) is 17.1 Å². The van der Waals surface area contributed by atoms with E-state index in [1.165, 1.54) is 18.3 Å². The zero-order chi connectivity index (χ0) is 11.3. The van der Waals surface area contributed by atoms with Crippen LogP contribution in [0.1, 0.15) is 0 Å². The van der Waals surface area contributed by atoms with Crippen LogP contribution >= 0.6 is 12.2 Å². The number of nitrogens with zero attached hydrogens (tertiary/aromatic N) is 1. The van der Waals surface area contributed by atoms with Gasteiger partial charge in [0.1, 0.15) is 22.4 Å². The normalized spacial score (nSPS) is 10.5. The maximum absolute atomic E-state index is 12.5. The fourth-order valence-electron chi connectivity index (χ4n) is 0.860. The maximum atomic E-state index is 12.5. The van der Waals surface area contributed by atoms with Crippen LogP contribution in [-0.2, 0) is 0 Å². The first-order valence-electron chi connectivity index (χ1n) is 4.05. The van der Waals surface area contributed by atoms with Crippen molar-refractivity contribution in [3.05, 3.63) is 41.9 Å². The lowest BCUT2D eigenvalue weighted by Gasteiger charge is -2.00. The Labute approximate surface area is 92.0 Å². The number of benzene rings is 1. The third kappa shape index (κ3) is 3.37. The van der Waals surface area contributed by atoms with E-state index in [0.29, 0.717) is 5.69 Å². The molecular formula is C10H8FN3S. The first kappa shape index (κ1) is 11.1. The molecule has 0 saturated carbocycles. The van der Waals surface area contributed by atoms with Gasteiger partial charge < -0.3 is 11.1 Å². The van der Waals surface area contributed by atoms with E-state index in [1.807, 2.05) is 6.07 Å². The Balaban J connectivity index is 2.76. The summed E-state index contributed by atoms with van der Waals surface area (Å²) in [6, 6.07) is 7.54. The van der Waals surface area contributed by atoms with E-state index in [9.17, 15) is 4.39 Å². The molecule has 0 fully saturated rings. The molecular weight excluding hydrogens is 213 g/mol. The molecule has 0 bridgehead atoms. The molecule has 1 rings (SSSR count). The number of nitrogens with one attached hydrogen (secondary N) is 1. The van der Waals surface area contributed by atoms with Crippen LogP contribution in [0.25, 0.3) is 0 Å². The van der Waals surface area contributed by atoms with E-state index < -0.39 is 0 Å². The topological polar surface area (TPSA) is 61.8 Å². The van der Waals surface area contributed by atoms with Crippen molar-refractivity contribution in [3.8, 4) is 6.07 Å². The summed E-state index contributed by atoms with van der Waals surface area (Å²) in [5, 5.41) is 11.4. The van der Waals surface area contributed by atoms with Crippen molar-refractivity contribution in [2.45, 2.75) is 0 Å². The van der Waals surface area contributed by atoms with E-state index in [2.05, 4.69) is 17.5 Å². The quantitative estimate of drug-likeness (QED) is 0.465. The van der Waals surface area contributed by atoms with Gasteiger partial charge in [-0.2, -0.15) is 5.26 Å². The van der Waals surface area contributed by atoms with Crippen molar-refractivity contribution in [2.24, 2.45) is 5.73 Å². The van der Waals surface area contributed by atoms with Gasteiger partial charge in [-0.05, 0) is 24.3 Å². The smallest absolute Gasteiger partial charge is 0.123 e. The fraction of sp³-hybridized carbons (Fsp3) is 0. The average molecular weight is 221 g/mol. The molecule has 0 radical (unpaired) electrons. The molecule has 0 aliphatic carbocycles. The van der Waals surface area contributed by atoms with Gasteiger partial charge in [-0.25, -0.2) is 4.39 Å². The second kappa shape index (κ2) is 5.08. The van der Waals surface area contributed by atoms with Crippen molar-refractivity contribution in [2.75, 3.05) is 5.32 Å². The van der Waals surface area contributed by atoms with Gasteiger partial charge in [-0.15, -0.1) is 0 Å². The van der Waals surface area contributed by atoms with Crippen molar-refractivity contribution in [1.82, 2.24) is 0 Å². The number of halogens is 1. The third-order valence-corrected chi connectivity index (χ3v) is 1.83. The molecule has 3 N–H and O–H groups in total. The van der Waals surface area contributed by atoms with E-state index in [0.717, 1.165) is 0 Å². The monoisotopic (exact) mass is 221 g/mol. The summed E-state index contributed by atoms with van der Waals surface area (Å²) >= 11 is 4.64. The molecule has 3 nitrogen and oxygen atoms in total. The van der Waals surface area contributed by atoms with Crippen LogP contribution in [0.5, 0.6) is 0 Å². The van der Waals surface area contributed by atoms with Crippen molar-refractivity contribution in [1.29, 1.82) is 5.26 Å². The number of rotatable bonds is 3. The molecule has 0 saturated heterocycles. The van der Waals surface area contributed by atoms with E-state index in [4.69, 9.17) is 11.0 Å². The van der Waals surface area contributed by atoms with Gasteiger partial charge in [-0.3, -0.25) is 0 Å². The zero-order valence-electron chi connectivity index (χ0n) is 7.70. The lowest BCUT2D eigenvalue weighted by Crippen LogP contribution is -2.11. The second-order valence-corrected chi connectivity index (χ2v) is 3.13. The fourth-order valence-corrected chi connectivity index (χ4v) is 0.965. The summed E-state index contributed by atoms with van der Waals surface area (Å²) in [5.41, 5.74) is 6.10. The van der Waals surface area contributed by atoms with Gasteiger partial charge in [-0.1, -0.05) is 12.2 Å². The minimum absolute atomic E-state index is 0.0205. The molecule has 0 aliphatic heterocycles. The Morgan fingerprint density at radius 3 is 2.53 bits per heavy atom. The van der Waals surface area contributed by atoms with Gasteiger partial charge in [0.15, 0.2) is 0 Å². The molecule has 0 atom stereocenters. The summed E-state index contributed by atoms with van der Waals surface area (Å²) in [7, 11) is 0. The summed E-state index contributed by atoms with van der Waals surface area (Å²) in [4.78, 5) is 0.0205. The number of anilines is 1. The highest BCUT2D eigenvalue weighted by Crippen LogP contribution is 2.08. The zero-order valence-corrected chi connectivity index (χ0v) is 8.51. The molecule has 76 valence electrons. The molecule has 0 unspecified atom stereocenters. The first-order valence-corrected chi connectivity index (χ1v) is 4.46. The molecule has 0 aliphatic rings. The molecule has 1 aromatic carbocycles. The van der Waals surface area contributed by atoms with Crippen LogP contribution in [0.2, 0.25) is 0 Å². The summed E-state index contributed by atoms with van der Waals surface area (Å²) in [6.45, 7) is 0. The van der Waals surface area contributed by atoms with Crippen molar-refractivity contribution < 1.29 is 4.39 Å². The molecule has 1 aromatic rings. The Morgan fingerprint density at radius 2 is 2.07 bits per heavy atom. The van der Waals surface area contributed by atoms with E-state index in [-0.39, 0.29) is 16.4 Å². The lowest BCUT2D eigenvalue weighted by molar-refractivity contribution is 0.628. The minimum Gasteiger partial charge on any atom is -0.389 e. The highest BCUT2D eigenvalue weighted by atomic mass is 32.1. The van der Waals surface area contributed by atoms with E-state index >= 15 is 0 Å². The van der Waals surface area contributed by atoms with Crippen molar-refractivity contribution in [3.63, 3.8) is 0 Å². The first-order chi connectivity index (χ1) is 7.13. The Kier molecular flexibility index (Phi) is 3.77. The largest absolute Gasteiger partial charge is 0.389 e. The number of thiocarbonyl (C=S) groups is 1. The molecule has 0 spiro atoms. The number of nitrogens with two attached hydrogens (primary N) is 1. The van der Waals surface area contributed by atoms with Crippen LogP contribution in [0.4, 0.5) is 10.1 Å². The molecule has 0 amide bonds. The predicted molar refractivity (Wildman–Crippen MR) is 60.5 cm³/mol. The maximum Gasteiger partial charge on any atom is 0.123 e. The van der Waals surface area contributed by atoms with Gasteiger partial charge in [0.25, 0.3) is 0 Å². The van der Waals surface area contributed by atoms with Gasteiger partial charge in [0.2, 0.25) is 0 Å². The Bertz CT molecular complexity index is 431. The average Bonchev–Trinajstić information content (AvgIpc) is 2.21. The lowest BCUT2D eigenvalue weighted by atomic mass is 10.3. The molecule has 5 heteroatoms. The van der Waals surface area contributed by atoms with Crippen LogP contribution in [0.15, 0.2) is 36.0 Å². The van der Waals surface area contributed by atoms with E-state index in [1.54, 1.807) is 12.1 Å². The molecule has 0 aromatic heterocycles. The summed E-state index contributed by atoms with van der Waals surface area (Å²) in [6.07, 6.45) is 1.38. The minimum atomic E-state index is -0.320. The summed E-state index contributed by atoms with van der Waals surface area (Å²) < 4.78 is 12.5. The second-order valence-electron chi connectivity index (χ2n) is 2.69. The number of hydrogen-bond donors (Lipinski definition) is 2. The van der Waals surface area contributed by atoms with Crippen LogP contribution in [-0.4, -0.2) is 4.99 Å². The highest BCUT2D eigenvalue weighted by Gasteiger charge is 1.98. The molecule has 15 heavy (non-hydrogen) atoms. The Hall–Kier alpha value is -1.93. The van der Waals surface area contributed by atoms with Crippen molar-refractivity contribution >= 4 is 22.9 Å². The predicted octanol–water partition coefficient (Wildman–Crippen LogP) is 1.93. The van der Waals surface area contributed by atoms with Gasteiger partial charge >= 0.3 is 0 Å². The summed E-state index contributed by atoms with van der Waals surface area (Å²) in [5.74, 6) is -0.320. The standard InChI is InChI=1S/C10H8FN3S/c11-8-1-3-9(4-2-8)14-6-7(5-12)10(13)15/h1-4,6,14H,(H2,13,15). The number of nitriles is 1. The SMILES string of the molecule is N#CC(=CNc1ccc(F)cc1)C(N)=S. The highest BCUT2D eigenvalue weighted by molar-refractivity contribution is 7.80.